The molecule has 1 aromatic heterocycles. The quantitative estimate of drug-likeness (QED) is 0.681. The molecule has 0 aliphatic heterocycles. The number of rotatable bonds is 4. The molecule has 0 aliphatic rings. The number of nitrogens with zero attached hydrogens (tertiary/aromatic N) is 2. The lowest BCUT2D eigenvalue weighted by atomic mass is 10.4. The molecule has 68 valence electrons. The van der Waals surface area contributed by atoms with Crippen molar-refractivity contribution < 1.29 is 4.74 Å². The fourth-order valence-electron chi connectivity index (χ4n) is 1.17. The lowest BCUT2D eigenvalue weighted by molar-refractivity contribution is 0.102. The SMILES string of the molecule is CCc1nccn1CC(C)OC. The molecule has 0 amide bonds. The van der Waals surface area contributed by atoms with Gasteiger partial charge < -0.3 is 9.30 Å². The Bertz CT molecular complexity index is 232. The zero-order valence-electron chi connectivity index (χ0n) is 7.95. The summed E-state index contributed by atoms with van der Waals surface area (Å²) in [6.45, 7) is 5.05. The second-order valence-corrected chi connectivity index (χ2v) is 2.90. The fraction of sp³-hybridized carbons (Fsp3) is 0.667. The second kappa shape index (κ2) is 4.26. The van der Waals surface area contributed by atoms with E-state index in [1.165, 1.54) is 0 Å². The van der Waals surface area contributed by atoms with Gasteiger partial charge in [-0.3, -0.25) is 0 Å². The van der Waals surface area contributed by atoms with Gasteiger partial charge in [-0.25, -0.2) is 4.98 Å². The van der Waals surface area contributed by atoms with E-state index in [-0.39, 0.29) is 6.10 Å². The van der Waals surface area contributed by atoms with Crippen LogP contribution in [0.4, 0.5) is 0 Å². The molecule has 1 atom stereocenters. The van der Waals surface area contributed by atoms with Crippen molar-refractivity contribution in [1.29, 1.82) is 0 Å². The Hall–Kier alpha value is -0.830. The summed E-state index contributed by atoms with van der Waals surface area (Å²) in [6.07, 6.45) is 5.06. The van der Waals surface area contributed by atoms with Gasteiger partial charge in [-0.15, -0.1) is 0 Å². The summed E-state index contributed by atoms with van der Waals surface area (Å²) >= 11 is 0. The number of ether oxygens (including phenoxy) is 1. The van der Waals surface area contributed by atoms with E-state index in [1.807, 2.05) is 12.4 Å². The van der Waals surface area contributed by atoms with Crippen molar-refractivity contribution >= 4 is 0 Å². The number of imidazole rings is 1. The summed E-state index contributed by atoms with van der Waals surface area (Å²) in [4.78, 5) is 4.23. The zero-order chi connectivity index (χ0) is 8.97. The average Bonchev–Trinajstić information content (AvgIpc) is 2.51. The largest absolute Gasteiger partial charge is 0.380 e. The Labute approximate surface area is 73.4 Å². The molecule has 0 aliphatic carbocycles. The third-order valence-electron chi connectivity index (χ3n) is 1.97. The van der Waals surface area contributed by atoms with E-state index in [0.717, 1.165) is 18.8 Å². The molecule has 0 N–H and O–H groups in total. The van der Waals surface area contributed by atoms with Gasteiger partial charge in [0.2, 0.25) is 0 Å². The van der Waals surface area contributed by atoms with Gasteiger partial charge in [-0.05, 0) is 6.92 Å². The van der Waals surface area contributed by atoms with E-state index in [4.69, 9.17) is 4.74 Å². The molecule has 0 saturated carbocycles. The van der Waals surface area contributed by atoms with Gasteiger partial charge in [-0.2, -0.15) is 0 Å². The molecule has 0 saturated heterocycles. The van der Waals surface area contributed by atoms with Crippen LogP contribution in [0, 0.1) is 0 Å². The van der Waals surface area contributed by atoms with Crippen molar-refractivity contribution in [3.63, 3.8) is 0 Å². The van der Waals surface area contributed by atoms with Crippen LogP contribution in [0.2, 0.25) is 0 Å². The summed E-state index contributed by atoms with van der Waals surface area (Å²) in [5.74, 6) is 1.12. The van der Waals surface area contributed by atoms with Crippen LogP contribution in [0.1, 0.15) is 19.7 Å². The van der Waals surface area contributed by atoms with Gasteiger partial charge in [0.1, 0.15) is 5.82 Å². The summed E-state index contributed by atoms with van der Waals surface area (Å²) in [7, 11) is 1.73. The van der Waals surface area contributed by atoms with E-state index >= 15 is 0 Å². The first-order valence-electron chi connectivity index (χ1n) is 4.30. The summed E-state index contributed by atoms with van der Waals surface area (Å²) in [5.41, 5.74) is 0. The molecule has 1 heterocycles. The minimum atomic E-state index is 0.254. The van der Waals surface area contributed by atoms with Crippen molar-refractivity contribution in [2.75, 3.05) is 7.11 Å². The Kier molecular flexibility index (Phi) is 3.29. The summed E-state index contributed by atoms with van der Waals surface area (Å²) in [6, 6.07) is 0. The van der Waals surface area contributed by atoms with Crippen LogP contribution in [0.15, 0.2) is 12.4 Å². The maximum atomic E-state index is 5.17. The van der Waals surface area contributed by atoms with Gasteiger partial charge >= 0.3 is 0 Å². The van der Waals surface area contributed by atoms with Crippen LogP contribution < -0.4 is 0 Å². The van der Waals surface area contributed by atoms with Crippen molar-refractivity contribution in [2.45, 2.75) is 32.9 Å². The molecule has 1 aromatic rings. The first-order valence-corrected chi connectivity index (χ1v) is 4.30. The monoisotopic (exact) mass is 168 g/mol. The topological polar surface area (TPSA) is 27.1 Å². The Morgan fingerprint density at radius 2 is 2.42 bits per heavy atom. The second-order valence-electron chi connectivity index (χ2n) is 2.90. The molecule has 0 radical (unpaired) electrons. The first kappa shape index (κ1) is 9.26. The van der Waals surface area contributed by atoms with Crippen molar-refractivity contribution in [3.8, 4) is 0 Å². The Balaban J connectivity index is 2.61. The minimum absolute atomic E-state index is 0.254. The van der Waals surface area contributed by atoms with Crippen LogP contribution in [-0.2, 0) is 17.7 Å². The molecular formula is C9H16N2O. The number of aromatic nitrogens is 2. The van der Waals surface area contributed by atoms with Gasteiger partial charge in [0.25, 0.3) is 0 Å². The Morgan fingerprint density at radius 3 is 3.00 bits per heavy atom. The zero-order valence-corrected chi connectivity index (χ0v) is 7.95. The van der Waals surface area contributed by atoms with Gasteiger partial charge in [0.05, 0.1) is 6.10 Å². The Morgan fingerprint density at radius 1 is 1.67 bits per heavy atom. The molecular weight excluding hydrogens is 152 g/mol. The molecule has 0 bridgehead atoms. The van der Waals surface area contributed by atoms with E-state index in [2.05, 4.69) is 23.4 Å². The fourth-order valence-corrected chi connectivity index (χ4v) is 1.17. The van der Waals surface area contributed by atoms with Crippen LogP contribution in [0.5, 0.6) is 0 Å². The van der Waals surface area contributed by atoms with Crippen molar-refractivity contribution in [3.05, 3.63) is 18.2 Å². The standard InChI is InChI=1S/C9H16N2O/c1-4-9-10-5-6-11(9)7-8(2)12-3/h5-6,8H,4,7H2,1-3H3. The summed E-state index contributed by atoms with van der Waals surface area (Å²) < 4.78 is 7.31. The van der Waals surface area contributed by atoms with E-state index < -0.39 is 0 Å². The number of hydrogen-bond donors (Lipinski definition) is 0. The van der Waals surface area contributed by atoms with Crippen molar-refractivity contribution in [2.24, 2.45) is 0 Å². The highest BCUT2D eigenvalue weighted by atomic mass is 16.5. The van der Waals surface area contributed by atoms with E-state index in [9.17, 15) is 0 Å². The normalized spacial score (nSPS) is 13.2. The van der Waals surface area contributed by atoms with Crippen LogP contribution in [0.25, 0.3) is 0 Å². The lowest BCUT2D eigenvalue weighted by Crippen LogP contribution is -2.15. The molecule has 3 nitrogen and oxygen atoms in total. The highest BCUT2D eigenvalue weighted by Gasteiger charge is 2.04. The highest BCUT2D eigenvalue weighted by Crippen LogP contribution is 2.01. The third-order valence-corrected chi connectivity index (χ3v) is 1.97. The van der Waals surface area contributed by atoms with Gasteiger partial charge in [0.15, 0.2) is 0 Å². The van der Waals surface area contributed by atoms with Gasteiger partial charge in [0, 0.05) is 32.5 Å². The molecule has 1 unspecified atom stereocenters. The van der Waals surface area contributed by atoms with Crippen LogP contribution in [0.3, 0.4) is 0 Å². The maximum absolute atomic E-state index is 5.17. The van der Waals surface area contributed by atoms with E-state index in [0.29, 0.717) is 0 Å². The lowest BCUT2D eigenvalue weighted by Gasteiger charge is -2.11. The first-order chi connectivity index (χ1) is 5.77. The molecule has 0 aromatic carbocycles. The van der Waals surface area contributed by atoms with Gasteiger partial charge in [-0.1, -0.05) is 6.92 Å². The molecule has 12 heavy (non-hydrogen) atoms. The molecule has 1 rings (SSSR count). The summed E-state index contributed by atoms with van der Waals surface area (Å²) in [5, 5.41) is 0. The van der Waals surface area contributed by atoms with Crippen LogP contribution >= 0.6 is 0 Å². The predicted octanol–water partition coefficient (Wildman–Crippen LogP) is 1.48. The minimum Gasteiger partial charge on any atom is -0.380 e. The van der Waals surface area contributed by atoms with E-state index in [1.54, 1.807) is 7.11 Å². The highest BCUT2D eigenvalue weighted by molar-refractivity contribution is 4.91. The molecule has 0 fully saturated rings. The van der Waals surface area contributed by atoms with Crippen molar-refractivity contribution in [1.82, 2.24) is 9.55 Å². The smallest absolute Gasteiger partial charge is 0.108 e. The maximum Gasteiger partial charge on any atom is 0.108 e. The predicted molar refractivity (Wildman–Crippen MR) is 48.1 cm³/mol. The number of aryl methyl sites for hydroxylation is 1. The number of hydrogen-bond acceptors (Lipinski definition) is 2. The third kappa shape index (κ3) is 2.08. The average molecular weight is 168 g/mol. The molecule has 0 spiro atoms. The number of methoxy groups -OCH3 is 1. The van der Waals surface area contributed by atoms with Crippen LogP contribution in [-0.4, -0.2) is 22.8 Å². The molecule has 3 heteroatoms.